The molecule has 0 saturated heterocycles. The van der Waals surface area contributed by atoms with Crippen molar-refractivity contribution in [1.29, 1.82) is 0 Å². The van der Waals surface area contributed by atoms with E-state index in [2.05, 4.69) is 38.8 Å². The molecule has 7 nitrogen and oxygen atoms in total. The van der Waals surface area contributed by atoms with Crippen LogP contribution in [0.2, 0.25) is 0 Å². The highest BCUT2D eigenvalue weighted by Gasteiger charge is 2.11. The number of para-hydroxylation sites is 1. The van der Waals surface area contributed by atoms with Crippen LogP contribution >= 0.6 is 34.8 Å². The number of methoxy groups -OCH3 is 1. The van der Waals surface area contributed by atoms with E-state index in [1.807, 2.05) is 6.07 Å². The van der Waals surface area contributed by atoms with Gasteiger partial charge >= 0.3 is 0 Å². The van der Waals surface area contributed by atoms with Gasteiger partial charge < -0.3 is 9.47 Å². The Balaban J connectivity index is 1.76. The molecule has 136 valence electrons. The topological polar surface area (TPSA) is 88.7 Å². The Hall–Kier alpha value is -2.40. The number of hydrazine groups is 1. The molecule has 2 rings (SSSR count). The van der Waals surface area contributed by atoms with E-state index in [0.29, 0.717) is 17.1 Å². The number of hydrogen-bond acceptors (Lipinski definition) is 5. The average molecular weight is 485 g/mol. The van der Waals surface area contributed by atoms with Crippen molar-refractivity contribution < 1.29 is 19.1 Å². The minimum atomic E-state index is -0.440. The largest absolute Gasteiger partial charge is 0.496 e. The summed E-state index contributed by atoms with van der Waals surface area (Å²) in [4.78, 5) is 23.8. The molecule has 2 aromatic carbocycles. The summed E-state index contributed by atoms with van der Waals surface area (Å²) in [6, 6.07) is 13.9. The zero-order valence-electron chi connectivity index (χ0n) is 13.7. The molecule has 0 aliphatic heterocycles. The van der Waals surface area contributed by atoms with E-state index in [9.17, 15) is 9.59 Å². The molecule has 0 spiro atoms. The van der Waals surface area contributed by atoms with E-state index in [1.165, 1.54) is 0 Å². The molecule has 0 saturated carbocycles. The molecule has 0 atom stereocenters. The number of rotatable bonds is 5. The minimum absolute atomic E-state index is 0.0334. The number of carbonyl (C=O) groups is 2. The van der Waals surface area contributed by atoms with Crippen LogP contribution in [0.15, 0.2) is 48.5 Å². The Morgan fingerprint density at radius 2 is 1.85 bits per heavy atom. The van der Waals surface area contributed by atoms with Crippen LogP contribution in [0.3, 0.4) is 0 Å². The average Bonchev–Trinajstić information content (AvgIpc) is 2.65. The smallest absolute Gasteiger partial charge is 0.276 e. The van der Waals surface area contributed by atoms with Crippen LogP contribution in [0.5, 0.6) is 11.5 Å². The lowest BCUT2D eigenvalue weighted by Gasteiger charge is -2.12. The van der Waals surface area contributed by atoms with Crippen molar-refractivity contribution in [2.75, 3.05) is 13.7 Å². The number of halogens is 1. The quantitative estimate of drug-likeness (QED) is 0.341. The summed E-state index contributed by atoms with van der Waals surface area (Å²) in [6.45, 7) is -0.190. The van der Waals surface area contributed by atoms with Gasteiger partial charge in [-0.3, -0.25) is 25.8 Å². The van der Waals surface area contributed by atoms with Crippen LogP contribution in [-0.2, 0) is 4.79 Å². The molecule has 0 radical (unpaired) electrons. The number of amides is 2. The fourth-order valence-corrected chi connectivity index (χ4v) is 2.72. The van der Waals surface area contributed by atoms with Crippen molar-refractivity contribution in [3.63, 3.8) is 0 Å². The Morgan fingerprint density at radius 1 is 1.12 bits per heavy atom. The third kappa shape index (κ3) is 6.15. The van der Waals surface area contributed by atoms with Crippen molar-refractivity contribution in [1.82, 2.24) is 16.2 Å². The summed E-state index contributed by atoms with van der Waals surface area (Å²) < 4.78 is 11.2. The first kappa shape index (κ1) is 19.9. The van der Waals surface area contributed by atoms with Crippen molar-refractivity contribution >= 4 is 51.7 Å². The molecule has 3 N–H and O–H groups in total. The van der Waals surface area contributed by atoms with Crippen molar-refractivity contribution in [3.8, 4) is 11.5 Å². The van der Waals surface area contributed by atoms with Crippen LogP contribution in [-0.4, -0.2) is 30.6 Å². The van der Waals surface area contributed by atoms with Gasteiger partial charge in [0.15, 0.2) is 11.7 Å². The maximum absolute atomic E-state index is 12.1. The van der Waals surface area contributed by atoms with E-state index in [4.69, 9.17) is 21.7 Å². The van der Waals surface area contributed by atoms with Gasteiger partial charge in [0.25, 0.3) is 11.8 Å². The summed E-state index contributed by atoms with van der Waals surface area (Å²) >= 11 is 7.05. The Morgan fingerprint density at radius 3 is 2.50 bits per heavy atom. The highest BCUT2D eigenvalue weighted by atomic mass is 127. The van der Waals surface area contributed by atoms with Crippen LogP contribution in [0.1, 0.15) is 10.4 Å². The molecule has 0 aromatic heterocycles. The maximum Gasteiger partial charge on any atom is 0.276 e. The van der Waals surface area contributed by atoms with Gasteiger partial charge in [-0.1, -0.05) is 18.2 Å². The molecular formula is C17H16IN3O4S. The minimum Gasteiger partial charge on any atom is -0.496 e. The fourth-order valence-electron chi connectivity index (χ4n) is 1.84. The SMILES string of the molecule is COc1ccc(C(=O)NC(=S)NNC(=O)COc2ccccc2)cc1I. The summed E-state index contributed by atoms with van der Waals surface area (Å²) in [5.74, 6) is 0.406. The predicted molar refractivity (Wildman–Crippen MR) is 109 cm³/mol. The summed E-state index contributed by atoms with van der Waals surface area (Å²) in [5, 5.41) is 2.44. The third-order valence-corrected chi connectivity index (χ3v) is 4.12. The highest BCUT2D eigenvalue weighted by Crippen LogP contribution is 2.21. The fraction of sp³-hybridized carbons (Fsp3) is 0.118. The van der Waals surface area contributed by atoms with Gasteiger partial charge in [-0.15, -0.1) is 0 Å². The highest BCUT2D eigenvalue weighted by molar-refractivity contribution is 14.1. The van der Waals surface area contributed by atoms with E-state index in [1.54, 1.807) is 49.6 Å². The second kappa shape index (κ2) is 9.92. The summed E-state index contributed by atoms with van der Waals surface area (Å²) in [5.41, 5.74) is 5.21. The molecule has 26 heavy (non-hydrogen) atoms. The van der Waals surface area contributed by atoms with E-state index in [-0.39, 0.29) is 11.7 Å². The maximum atomic E-state index is 12.1. The monoisotopic (exact) mass is 485 g/mol. The lowest BCUT2D eigenvalue weighted by Crippen LogP contribution is -2.49. The molecule has 2 aromatic rings. The molecule has 0 fully saturated rings. The zero-order chi connectivity index (χ0) is 18.9. The van der Waals surface area contributed by atoms with Gasteiger partial charge in [0.2, 0.25) is 0 Å². The second-order valence-corrected chi connectivity index (χ2v) is 6.48. The molecule has 9 heteroatoms. The van der Waals surface area contributed by atoms with Gasteiger partial charge in [-0.2, -0.15) is 0 Å². The Kier molecular flexibility index (Phi) is 7.60. The van der Waals surface area contributed by atoms with Crippen LogP contribution in [0, 0.1) is 3.57 Å². The molecule has 0 heterocycles. The van der Waals surface area contributed by atoms with Crippen molar-refractivity contribution in [3.05, 3.63) is 57.7 Å². The Labute approximate surface area is 169 Å². The number of hydrogen-bond donors (Lipinski definition) is 3. The van der Waals surface area contributed by atoms with Crippen LogP contribution in [0.25, 0.3) is 0 Å². The van der Waals surface area contributed by atoms with Gasteiger partial charge in [0.05, 0.1) is 10.7 Å². The molecule has 0 aliphatic carbocycles. The van der Waals surface area contributed by atoms with E-state index < -0.39 is 11.8 Å². The van der Waals surface area contributed by atoms with Crippen molar-refractivity contribution in [2.24, 2.45) is 0 Å². The van der Waals surface area contributed by atoms with Gasteiger partial charge in [0.1, 0.15) is 11.5 Å². The number of carbonyl (C=O) groups excluding carboxylic acids is 2. The van der Waals surface area contributed by atoms with Gasteiger partial charge in [0, 0.05) is 5.56 Å². The normalized spacial score (nSPS) is 9.77. The van der Waals surface area contributed by atoms with Crippen LogP contribution in [0.4, 0.5) is 0 Å². The summed E-state index contributed by atoms with van der Waals surface area (Å²) in [7, 11) is 1.56. The first-order valence-electron chi connectivity index (χ1n) is 7.41. The van der Waals surface area contributed by atoms with E-state index >= 15 is 0 Å². The molecule has 0 bridgehead atoms. The number of nitrogens with one attached hydrogen (secondary N) is 3. The number of thiocarbonyl (C=S) groups is 1. The van der Waals surface area contributed by atoms with Crippen LogP contribution < -0.4 is 25.6 Å². The first-order chi connectivity index (χ1) is 12.5. The molecule has 0 unspecified atom stereocenters. The molecular weight excluding hydrogens is 469 g/mol. The lowest BCUT2D eigenvalue weighted by atomic mass is 10.2. The first-order valence-corrected chi connectivity index (χ1v) is 8.90. The summed E-state index contributed by atoms with van der Waals surface area (Å²) in [6.07, 6.45) is 0. The molecule has 0 aliphatic rings. The zero-order valence-corrected chi connectivity index (χ0v) is 16.7. The third-order valence-electron chi connectivity index (χ3n) is 3.07. The standard InChI is InChI=1S/C17H16IN3O4S/c1-24-14-8-7-11(9-13(14)18)16(23)19-17(26)21-20-15(22)10-25-12-5-3-2-4-6-12/h2-9H,10H2,1H3,(H,20,22)(H2,19,21,23,26). The second-order valence-electron chi connectivity index (χ2n) is 4.91. The Bertz CT molecular complexity index is 802. The predicted octanol–water partition coefficient (Wildman–Crippen LogP) is 2.01. The number of ether oxygens (including phenoxy) is 2. The van der Waals surface area contributed by atoms with Gasteiger partial charge in [-0.25, -0.2) is 0 Å². The van der Waals surface area contributed by atoms with Crippen molar-refractivity contribution in [2.45, 2.75) is 0 Å². The van der Waals surface area contributed by atoms with E-state index in [0.717, 1.165) is 3.57 Å². The lowest BCUT2D eigenvalue weighted by molar-refractivity contribution is -0.123. The number of benzene rings is 2. The molecule has 2 amide bonds. The van der Waals surface area contributed by atoms with Gasteiger partial charge in [-0.05, 0) is 65.1 Å².